The zero-order chi connectivity index (χ0) is 16.2. The number of nitrogens with one attached hydrogen (secondary N) is 2. The first-order valence-electron chi connectivity index (χ1n) is 6.51. The fourth-order valence-corrected chi connectivity index (χ4v) is 2.04. The Morgan fingerprint density at radius 2 is 2.10 bits per heavy atom. The number of hydrogen-bond acceptors (Lipinski definition) is 4. The van der Waals surface area contributed by atoms with E-state index >= 15 is 0 Å². The van der Waals surface area contributed by atoms with Gasteiger partial charge in [0.2, 0.25) is 11.8 Å². The fraction of sp³-hybridized carbons (Fsp3) is 0.667. The van der Waals surface area contributed by atoms with Gasteiger partial charge >= 0.3 is 12.0 Å². The molecular weight excluding hydrogens is 280 g/mol. The maximum Gasteiger partial charge on any atom is 0.318 e. The number of carboxylic acids is 1. The molecule has 0 aliphatic carbocycles. The lowest BCUT2D eigenvalue weighted by molar-refractivity contribution is -0.142. The standard InChI is InChI=1S/C12H20N4O5/c1-7(11(20)15(2)3)14-12(21)16-5-4-13-10(19)8(16)6-9(17)18/h7-8H,4-6H2,1-3H3,(H,13,19)(H,14,21)(H,17,18). The molecular formula is C12H20N4O5. The minimum absolute atomic E-state index is 0.193. The maximum atomic E-state index is 12.1. The first-order valence-corrected chi connectivity index (χ1v) is 6.51. The lowest BCUT2D eigenvalue weighted by atomic mass is 10.1. The predicted molar refractivity (Wildman–Crippen MR) is 72.4 cm³/mol. The van der Waals surface area contributed by atoms with Crippen LogP contribution in [0.25, 0.3) is 0 Å². The van der Waals surface area contributed by atoms with Crippen LogP contribution < -0.4 is 10.6 Å². The molecule has 0 bridgehead atoms. The van der Waals surface area contributed by atoms with Crippen molar-refractivity contribution in [1.82, 2.24) is 20.4 Å². The molecule has 9 heteroatoms. The zero-order valence-corrected chi connectivity index (χ0v) is 12.3. The largest absolute Gasteiger partial charge is 0.481 e. The lowest BCUT2D eigenvalue weighted by Gasteiger charge is -2.35. The van der Waals surface area contributed by atoms with E-state index in [-0.39, 0.29) is 19.0 Å². The number of rotatable bonds is 4. The molecule has 1 fully saturated rings. The van der Waals surface area contributed by atoms with Crippen LogP contribution in [0.2, 0.25) is 0 Å². The second-order valence-corrected chi connectivity index (χ2v) is 5.00. The van der Waals surface area contributed by atoms with Crippen molar-refractivity contribution in [3.63, 3.8) is 0 Å². The number of carbonyl (C=O) groups is 4. The van der Waals surface area contributed by atoms with Crippen LogP contribution >= 0.6 is 0 Å². The number of aliphatic carboxylic acids is 1. The summed E-state index contributed by atoms with van der Waals surface area (Å²) in [5.74, 6) is -1.97. The van der Waals surface area contributed by atoms with E-state index in [1.807, 2.05) is 0 Å². The van der Waals surface area contributed by atoms with E-state index in [4.69, 9.17) is 5.11 Å². The van der Waals surface area contributed by atoms with Crippen LogP contribution in [-0.2, 0) is 14.4 Å². The number of urea groups is 1. The monoisotopic (exact) mass is 300 g/mol. The number of piperazine rings is 1. The number of nitrogens with zero attached hydrogens (tertiary/aromatic N) is 2. The molecule has 2 atom stereocenters. The summed E-state index contributed by atoms with van der Waals surface area (Å²) in [5.41, 5.74) is 0. The molecule has 1 aliphatic rings. The van der Waals surface area contributed by atoms with E-state index in [0.29, 0.717) is 0 Å². The van der Waals surface area contributed by atoms with Crippen molar-refractivity contribution in [3.8, 4) is 0 Å². The highest BCUT2D eigenvalue weighted by atomic mass is 16.4. The Bertz CT molecular complexity index is 451. The highest BCUT2D eigenvalue weighted by Gasteiger charge is 2.35. The summed E-state index contributed by atoms with van der Waals surface area (Å²) >= 11 is 0. The van der Waals surface area contributed by atoms with E-state index in [1.165, 1.54) is 11.8 Å². The van der Waals surface area contributed by atoms with Crippen LogP contribution in [0.3, 0.4) is 0 Å². The average Bonchev–Trinajstić information content (AvgIpc) is 2.39. The van der Waals surface area contributed by atoms with Gasteiger partial charge in [-0.3, -0.25) is 14.4 Å². The molecule has 9 nitrogen and oxygen atoms in total. The summed E-state index contributed by atoms with van der Waals surface area (Å²) in [7, 11) is 3.12. The summed E-state index contributed by atoms with van der Waals surface area (Å²) in [5, 5.41) is 13.8. The molecule has 0 spiro atoms. The number of hydrogen-bond donors (Lipinski definition) is 3. The normalized spacial score (nSPS) is 19.5. The Morgan fingerprint density at radius 3 is 2.62 bits per heavy atom. The molecule has 2 unspecified atom stereocenters. The quantitative estimate of drug-likeness (QED) is 0.580. The minimum atomic E-state index is -1.17. The molecule has 1 heterocycles. The number of carbonyl (C=O) groups excluding carboxylic acids is 3. The molecule has 1 aliphatic heterocycles. The number of carboxylic acid groups (broad SMARTS) is 1. The third-order valence-corrected chi connectivity index (χ3v) is 3.11. The van der Waals surface area contributed by atoms with Crippen molar-refractivity contribution in [2.24, 2.45) is 0 Å². The Labute approximate surface area is 122 Å². The molecule has 0 aromatic rings. The Hall–Kier alpha value is -2.32. The van der Waals surface area contributed by atoms with Gasteiger partial charge in [-0.15, -0.1) is 0 Å². The van der Waals surface area contributed by atoms with Crippen LogP contribution in [0.1, 0.15) is 13.3 Å². The SMILES string of the molecule is CC(NC(=O)N1CCNC(=O)C1CC(=O)O)C(=O)N(C)C. The van der Waals surface area contributed by atoms with E-state index in [2.05, 4.69) is 10.6 Å². The molecule has 1 saturated heterocycles. The molecule has 0 aromatic heterocycles. The van der Waals surface area contributed by atoms with Crippen molar-refractivity contribution < 1.29 is 24.3 Å². The third kappa shape index (κ3) is 4.33. The fourth-order valence-electron chi connectivity index (χ4n) is 2.04. The van der Waals surface area contributed by atoms with Gasteiger partial charge in [-0.05, 0) is 6.92 Å². The minimum Gasteiger partial charge on any atom is -0.481 e. The van der Waals surface area contributed by atoms with Crippen LogP contribution in [0, 0.1) is 0 Å². The molecule has 4 amide bonds. The molecule has 3 N–H and O–H groups in total. The van der Waals surface area contributed by atoms with Gasteiger partial charge < -0.3 is 25.5 Å². The highest BCUT2D eigenvalue weighted by Crippen LogP contribution is 2.09. The van der Waals surface area contributed by atoms with Gasteiger partial charge in [0.15, 0.2) is 0 Å². The van der Waals surface area contributed by atoms with Gasteiger partial charge in [0.05, 0.1) is 6.42 Å². The Morgan fingerprint density at radius 1 is 1.48 bits per heavy atom. The summed E-state index contributed by atoms with van der Waals surface area (Å²) in [6.45, 7) is 1.97. The van der Waals surface area contributed by atoms with Crippen molar-refractivity contribution >= 4 is 23.8 Å². The number of amides is 4. The van der Waals surface area contributed by atoms with Crippen LogP contribution in [0.5, 0.6) is 0 Å². The molecule has 1 rings (SSSR count). The molecule has 0 radical (unpaired) electrons. The van der Waals surface area contributed by atoms with Gasteiger partial charge in [0.1, 0.15) is 12.1 Å². The summed E-state index contributed by atoms with van der Waals surface area (Å²) in [4.78, 5) is 48.8. The van der Waals surface area contributed by atoms with Crippen molar-refractivity contribution in [3.05, 3.63) is 0 Å². The predicted octanol–water partition coefficient (Wildman–Crippen LogP) is -1.55. The first-order chi connectivity index (χ1) is 9.73. The second-order valence-electron chi connectivity index (χ2n) is 5.00. The Kier molecular flexibility index (Phi) is 5.51. The zero-order valence-electron chi connectivity index (χ0n) is 12.3. The van der Waals surface area contributed by atoms with Crippen molar-refractivity contribution in [2.45, 2.75) is 25.4 Å². The Balaban J connectivity index is 2.75. The molecule has 0 aromatic carbocycles. The molecule has 0 saturated carbocycles. The average molecular weight is 300 g/mol. The topological polar surface area (TPSA) is 119 Å². The van der Waals surface area contributed by atoms with Crippen LogP contribution in [-0.4, -0.2) is 78.0 Å². The smallest absolute Gasteiger partial charge is 0.318 e. The third-order valence-electron chi connectivity index (χ3n) is 3.11. The van der Waals surface area contributed by atoms with E-state index in [9.17, 15) is 19.2 Å². The van der Waals surface area contributed by atoms with Gasteiger partial charge in [0.25, 0.3) is 0 Å². The van der Waals surface area contributed by atoms with Gasteiger partial charge in [-0.25, -0.2) is 4.79 Å². The van der Waals surface area contributed by atoms with Crippen molar-refractivity contribution in [2.75, 3.05) is 27.2 Å². The van der Waals surface area contributed by atoms with Crippen molar-refractivity contribution in [1.29, 1.82) is 0 Å². The maximum absolute atomic E-state index is 12.1. The van der Waals surface area contributed by atoms with Gasteiger partial charge in [-0.2, -0.15) is 0 Å². The first kappa shape index (κ1) is 16.7. The van der Waals surface area contributed by atoms with E-state index in [1.54, 1.807) is 14.1 Å². The highest BCUT2D eigenvalue weighted by molar-refractivity contribution is 5.92. The lowest BCUT2D eigenvalue weighted by Crippen LogP contribution is -2.61. The van der Waals surface area contributed by atoms with Crippen LogP contribution in [0.4, 0.5) is 4.79 Å². The van der Waals surface area contributed by atoms with E-state index < -0.39 is 36.4 Å². The summed E-state index contributed by atoms with van der Waals surface area (Å²) in [6.07, 6.45) is -0.477. The van der Waals surface area contributed by atoms with E-state index in [0.717, 1.165) is 4.90 Å². The molecule has 21 heavy (non-hydrogen) atoms. The van der Waals surface area contributed by atoms with Gasteiger partial charge in [-0.1, -0.05) is 0 Å². The summed E-state index contributed by atoms with van der Waals surface area (Å²) in [6, 6.07) is -2.46. The summed E-state index contributed by atoms with van der Waals surface area (Å²) < 4.78 is 0. The van der Waals surface area contributed by atoms with Crippen LogP contribution in [0.15, 0.2) is 0 Å². The second kappa shape index (κ2) is 6.91. The van der Waals surface area contributed by atoms with Gasteiger partial charge in [0, 0.05) is 27.2 Å². The number of likely N-dealkylation sites (N-methyl/N-ethyl adjacent to an activating group) is 1. The molecule has 118 valence electrons.